The van der Waals surface area contributed by atoms with Gasteiger partial charge in [-0.15, -0.1) is 0 Å². The second-order valence-corrected chi connectivity index (χ2v) is 10.4. The summed E-state index contributed by atoms with van der Waals surface area (Å²) in [6, 6.07) is 15.8. The molecule has 0 spiro atoms. The van der Waals surface area contributed by atoms with Gasteiger partial charge in [0.25, 0.3) is 0 Å². The number of benzene rings is 2. The van der Waals surface area contributed by atoms with E-state index in [2.05, 4.69) is 66.3 Å². The van der Waals surface area contributed by atoms with Crippen molar-refractivity contribution in [2.45, 2.75) is 78.4 Å². The highest BCUT2D eigenvalue weighted by molar-refractivity contribution is 9.10. The quantitative estimate of drug-likeness (QED) is 0.526. The van der Waals surface area contributed by atoms with Crippen molar-refractivity contribution in [3.63, 3.8) is 0 Å². The van der Waals surface area contributed by atoms with Gasteiger partial charge in [0, 0.05) is 23.5 Å². The third-order valence-electron chi connectivity index (χ3n) is 5.29. The van der Waals surface area contributed by atoms with E-state index in [9.17, 15) is 9.59 Å². The van der Waals surface area contributed by atoms with Gasteiger partial charge in [-0.3, -0.25) is 9.59 Å². The minimum Gasteiger partial charge on any atom is -0.352 e. The van der Waals surface area contributed by atoms with E-state index in [0.717, 1.165) is 15.6 Å². The van der Waals surface area contributed by atoms with Crippen molar-refractivity contribution in [1.82, 2.24) is 10.2 Å². The summed E-state index contributed by atoms with van der Waals surface area (Å²) in [5.74, 6) is -0.154. The van der Waals surface area contributed by atoms with Gasteiger partial charge >= 0.3 is 0 Å². The van der Waals surface area contributed by atoms with Crippen LogP contribution < -0.4 is 5.32 Å². The van der Waals surface area contributed by atoms with Gasteiger partial charge in [-0.25, -0.2) is 0 Å². The molecular formula is C26H35BrN2O2. The molecule has 0 fully saturated rings. The Morgan fingerprint density at radius 3 is 2.19 bits per heavy atom. The maximum Gasteiger partial charge on any atom is 0.242 e. The SMILES string of the molecule is CC(C)NC(=O)C(C)N(Cc1cccc(Br)c1)C(=O)CCc1ccc(C(C)(C)C)cc1. The Hall–Kier alpha value is -2.14. The maximum atomic E-state index is 13.2. The van der Waals surface area contributed by atoms with Crippen LogP contribution in [0.3, 0.4) is 0 Å². The van der Waals surface area contributed by atoms with E-state index in [0.29, 0.717) is 19.4 Å². The standard InChI is InChI=1S/C26H35BrN2O2/c1-18(2)28-25(31)19(3)29(17-21-8-7-9-23(27)16-21)24(30)15-12-20-10-13-22(14-11-20)26(4,5)6/h7-11,13-14,16,18-19H,12,15,17H2,1-6H3,(H,28,31). The van der Waals surface area contributed by atoms with Gasteiger partial charge in [0.2, 0.25) is 11.8 Å². The molecule has 4 nitrogen and oxygen atoms in total. The van der Waals surface area contributed by atoms with E-state index < -0.39 is 6.04 Å². The van der Waals surface area contributed by atoms with Crippen molar-refractivity contribution in [2.75, 3.05) is 0 Å². The smallest absolute Gasteiger partial charge is 0.242 e. The molecule has 0 saturated heterocycles. The molecule has 0 aliphatic rings. The number of amides is 2. The van der Waals surface area contributed by atoms with Crippen LogP contribution in [-0.4, -0.2) is 28.8 Å². The van der Waals surface area contributed by atoms with E-state index in [1.165, 1.54) is 5.56 Å². The molecule has 0 aliphatic heterocycles. The first-order valence-corrected chi connectivity index (χ1v) is 11.7. The Kier molecular flexibility index (Phi) is 8.87. The third kappa shape index (κ3) is 7.80. The minimum absolute atomic E-state index is 0.0220. The molecule has 2 aromatic rings. The molecule has 2 amide bonds. The largest absolute Gasteiger partial charge is 0.352 e. The molecule has 168 valence electrons. The van der Waals surface area contributed by atoms with Crippen LogP contribution in [0.5, 0.6) is 0 Å². The van der Waals surface area contributed by atoms with Gasteiger partial charge in [0.05, 0.1) is 0 Å². The lowest BCUT2D eigenvalue weighted by Gasteiger charge is -2.29. The summed E-state index contributed by atoms with van der Waals surface area (Å²) in [4.78, 5) is 27.5. The first-order valence-electron chi connectivity index (χ1n) is 10.9. The molecule has 0 radical (unpaired) electrons. The highest BCUT2D eigenvalue weighted by atomic mass is 79.9. The Morgan fingerprint density at radius 1 is 1.00 bits per heavy atom. The van der Waals surface area contributed by atoms with Crippen LogP contribution in [0.4, 0.5) is 0 Å². The first-order chi connectivity index (χ1) is 14.5. The fourth-order valence-corrected chi connectivity index (χ4v) is 3.83. The van der Waals surface area contributed by atoms with E-state index in [4.69, 9.17) is 0 Å². The summed E-state index contributed by atoms with van der Waals surface area (Å²) in [5, 5.41) is 2.93. The topological polar surface area (TPSA) is 49.4 Å². The van der Waals surface area contributed by atoms with Crippen molar-refractivity contribution in [3.8, 4) is 0 Å². The summed E-state index contributed by atoms with van der Waals surface area (Å²) in [6.45, 7) is 12.6. The number of nitrogens with one attached hydrogen (secondary N) is 1. The highest BCUT2D eigenvalue weighted by Gasteiger charge is 2.26. The molecule has 0 heterocycles. The molecule has 2 rings (SSSR count). The molecule has 0 aliphatic carbocycles. The van der Waals surface area contributed by atoms with Crippen LogP contribution in [0.15, 0.2) is 53.0 Å². The van der Waals surface area contributed by atoms with Crippen molar-refractivity contribution in [2.24, 2.45) is 0 Å². The molecule has 1 atom stereocenters. The average molecular weight is 487 g/mol. The monoisotopic (exact) mass is 486 g/mol. The molecule has 0 bridgehead atoms. The third-order valence-corrected chi connectivity index (χ3v) is 5.78. The molecule has 1 unspecified atom stereocenters. The zero-order chi connectivity index (χ0) is 23.2. The summed E-state index contributed by atoms with van der Waals surface area (Å²) < 4.78 is 0.954. The molecule has 2 aromatic carbocycles. The molecule has 0 saturated carbocycles. The van der Waals surface area contributed by atoms with Crippen molar-refractivity contribution >= 4 is 27.7 Å². The number of hydrogen-bond donors (Lipinski definition) is 1. The summed E-state index contributed by atoms with van der Waals surface area (Å²) in [5.41, 5.74) is 3.50. The number of nitrogens with zero attached hydrogens (tertiary/aromatic N) is 1. The number of carbonyl (C=O) groups excluding carboxylic acids is 2. The predicted molar refractivity (Wildman–Crippen MR) is 131 cm³/mol. The molecular weight excluding hydrogens is 452 g/mol. The van der Waals surface area contributed by atoms with Crippen molar-refractivity contribution < 1.29 is 9.59 Å². The van der Waals surface area contributed by atoms with Crippen LogP contribution >= 0.6 is 15.9 Å². The molecule has 5 heteroatoms. The summed E-state index contributed by atoms with van der Waals surface area (Å²) in [7, 11) is 0. The Labute approximate surface area is 195 Å². The van der Waals surface area contributed by atoms with Crippen LogP contribution in [0.2, 0.25) is 0 Å². The summed E-state index contributed by atoms with van der Waals surface area (Å²) in [6.07, 6.45) is 1.01. The van der Waals surface area contributed by atoms with Crippen LogP contribution in [0.25, 0.3) is 0 Å². The second kappa shape index (κ2) is 10.9. The second-order valence-electron chi connectivity index (χ2n) is 9.44. The molecule has 0 aromatic heterocycles. The zero-order valence-electron chi connectivity index (χ0n) is 19.5. The average Bonchev–Trinajstić information content (AvgIpc) is 2.69. The lowest BCUT2D eigenvalue weighted by Crippen LogP contribution is -2.49. The number of rotatable bonds is 8. The maximum absolute atomic E-state index is 13.2. The first kappa shape index (κ1) is 25.1. The van der Waals surface area contributed by atoms with Gasteiger partial charge in [-0.1, -0.05) is 73.1 Å². The Morgan fingerprint density at radius 2 is 1.65 bits per heavy atom. The van der Waals surface area contributed by atoms with Crippen molar-refractivity contribution in [1.29, 1.82) is 0 Å². The van der Waals surface area contributed by atoms with Crippen LogP contribution in [0, 0.1) is 0 Å². The lowest BCUT2D eigenvalue weighted by atomic mass is 9.86. The fraction of sp³-hybridized carbons (Fsp3) is 0.462. The van der Waals surface area contributed by atoms with E-state index >= 15 is 0 Å². The van der Waals surface area contributed by atoms with Crippen molar-refractivity contribution in [3.05, 3.63) is 69.7 Å². The molecule has 31 heavy (non-hydrogen) atoms. The highest BCUT2D eigenvalue weighted by Crippen LogP contribution is 2.23. The van der Waals surface area contributed by atoms with E-state index in [1.54, 1.807) is 11.8 Å². The minimum atomic E-state index is -0.544. The zero-order valence-corrected chi connectivity index (χ0v) is 21.1. The fourth-order valence-electron chi connectivity index (χ4n) is 3.39. The van der Waals surface area contributed by atoms with Gasteiger partial charge in [0.1, 0.15) is 6.04 Å². The number of halogens is 1. The lowest BCUT2D eigenvalue weighted by molar-refractivity contribution is -0.140. The van der Waals surface area contributed by atoms with Gasteiger partial charge in [-0.2, -0.15) is 0 Å². The van der Waals surface area contributed by atoms with Gasteiger partial charge in [-0.05, 0) is 61.4 Å². The molecule has 1 N–H and O–H groups in total. The number of aryl methyl sites for hydroxylation is 1. The van der Waals surface area contributed by atoms with Crippen LogP contribution in [-0.2, 0) is 28.0 Å². The Bertz CT molecular complexity index is 885. The van der Waals surface area contributed by atoms with Gasteiger partial charge in [0.15, 0.2) is 0 Å². The van der Waals surface area contributed by atoms with E-state index in [1.807, 2.05) is 38.1 Å². The Balaban J connectivity index is 2.14. The summed E-state index contributed by atoms with van der Waals surface area (Å²) >= 11 is 3.49. The van der Waals surface area contributed by atoms with E-state index in [-0.39, 0.29) is 23.3 Å². The van der Waals surface area contributed by atoms with Gasteiger partial charge < -0.3 is 10.2 Å². The number of carbonyl (C=O) groups is 2. The van der Waals surface area contributed by atoms with Crippen LogP contribution in [0.1, 0.15) is 64.7 Å². The normalized spacial score (nSPS) is 12.5. The predicted octanol–water partition coefficient (Wildman–Crippen LogP) is 5.62. The number of hydrogen-bond acceptors (Lipinski definition) is 2.